The normalized spacial score (nSPS) is 15.5. The Bertz CT molecular complexity index is 1400. The highest BCUT2D eigenvalue weighted by Crippen LogP contribution is 2.35. The lowest BCUT2D eigenvalue weighted by Crippen LogP contribution is -2.45. The van der Waals surface area contributed by atoms with Crippen LogP contribution in [0.15, 0.2) is 71.4 Å². The molecule has 1 aliphatic rings. The number of benzene rings is 1. The van der Waals surface area contributed by atoms with Gasteiger partial charge in [0.05, 0.1) is 18.8 Å². The van der Waals surface area contributed by atoms with Gasteiger partial charge in [0.2, 0.25) is 17.7 Å². The molecule has 0 spiro atoms. The average Bonchev–Trinajstić information content (AvgIpc) is 3.48. The summed E-state index contributed by atoms with van der Waals surface area (Å²) in [5, 5.41) is 18.9. The smallest absolute Gasteiger partial charge is 0.251 e. The van der Waals surface area contributed by atoms with Crippen molar-refractivity contribution in [1.82, 2.24) is 30.8 Å². The van der Waals surface area contributed by atoms with E-state index in [9.17, 15) is 4.79 Å². The Labute approximate surface area is 227 Å². The molecule has 1 aromatic carbocycles. The maximum atomic E-state index is 13.4. The molecule has 202 valence electrons. The summed E-state index contributed by atoms with van der Waals surface area (Å²) in [6.07, 6.45) is 4.89. The molecule has 4 aromatic rings. The fourth-order valence-electron chi connectivity index (χ4n) is 4.81. The summed E-state index contributed by atoms with van der Waals surface area (Å²) in [7, 11) is 1.58. The summed E-state index contributed by atoms with van der Waals surface area (Å²) >= 11 is 0. The molecule has 1 fully saturated rings. The first-order valence-electron chi connectivity index (χ1n) is 13.1. The maximum absolute atomic E-state index is 13.4. The number of aromatic nitrogens is 4. The number of nitrogens with one attached hydrogen (secondary N) is 3. The maximum Gasteiger partial charge on any atom is 0.251 e. The van der Waals surface area contributed by atoms with Crippen LogP contribution >= 0.6 is 0 Å². The van der Waals surface area contributed by atoms with Gasteiger partial charge < -0.3 is 25.1 Å². The van der Waals surface area contributed by atoms with Gasteiger partial charge in [-0.25, -0.2) is 4.98 Å². The molecule has 1 unspecified atom stereocenters. The molecule has 1 saturated heterocycles. The molecule has 10 heteroatoms. The van der Waals surface area contributed by atoms with Crippen LogP contribution in [0.1, 0.15) is 54.7 Å². The predicted molar refractivity (Wildman–Crippen MR) is 147 cm³/mol. The predicted octanol–water partition coefficient (Wildman–Crippen LogP) is 4.35. The second-order valence-electron chi connectivity index (χ2n) is 9.99. The van der Waals surface area contributed by atoms with Crippen LogP contribution in [-0.4, -0.2) is 46.3 Å². The molecule has 0 radical (unpaired) electrons. The van der Waals surface area contributed by atoms with E-state index in [4.69, 9.17) is 9.15 Å². The number of hydrogen-bond donors (Lipinski definition) is 3. The summed E-state index contributed by atoms with van der Waals surface area (Å²) in [6.45, 7) is 5.69. The molecule has 1 aliphatic heterocycles. The van der Waals surface area contributed by atoms with Gasteiger partial charge in [0, 0.05) is 35.3 Å². The number of anilines is 1. The number of hydrogen-bond acceptors (Lipinski definition) is 9. The number of amides is 1. The van der Waals surface area contributed by atoms with Crippen molar-refractivity contribution in [3.05, 3.63) is 84.1 Å². The molecular weight excluding hydrogens is 494 g/mol. The van der Waals surface area contributed by atoms with Gasteiger partial charge in [-0.15, -0.1) is 10.2 Å². The van der Waals surface area contributed by atoms with Gasteiger partial charge in [0.15, 0.2) is 0 Å². The first-order valence-corrected chi connectivity index (χ1v) is 13.1. The van der Waals surface area contributed by atoms with Crippen LogP contribution in [0.3, 0.4) is 0 Å². The second-order valence-corrected chi connectivity index (χ2v) is 9.99. The molecule has 4 heterocycles. The summed E-state index contributed by atoms with van der Waals surface area (Å²) in [5.41, 5.74) is 2.34. The number of rotatable bonds is 9. The van der Waals surface area contributed by atoms with Crippen molar-refractivity contribution in [2.24, 2.45) is 5.92 Å². The Morgan fingerprint density at radius 1 is 1.05 bits per heavy atom. The Hall–Kier alpha value is -4.31. The third-order valence-corrected chi connectivity index (χ3v) is 6.95. The van der Waals surface area contributed by atoms with Crippen molar-refractivity contribution in [2.75, 3.05) is 25.5 Å². The molecular formula is C29H33N7O3. The molecule has 10 nitrogen and oxygen atoms in total. The van der Waals surface area contributed by atoms with E-state index >= 15 is 0 Å². The van der Waals surface area contributed by atoms with E-state index in [1.54, 1.807) is 31.6 Å². The van der Waals surface area contributed by atoms with Crippen LogP contribution in [0, 0.1) is 5.92 Å². The van der Waals surface area contributed by atoms with Crippen molar-refractivity contribution >= 4 is 11.6 Å². The standard InChI is InChI=1S/C29H33N7O3/c1-19(2)25(23-8-5-9-24(32-23)38-3)33-26(37)21-6-4-7-22(18-21)34-29(12-16-31-17-13-29)28-36-35-27(39-28)20-10-14-30-15-11-20/h4-11,14-15,18-19,25,31,34H,12-13,16-17H2,1-3H3,(H,33,37). The van der Waals surface area contributed by atoms with Crippen LogP contribution in [0.25, 0.3) is 11.5 Å². The number of carbonyl (C=O) groups excluding carboxylic acids is 1. The van der Waals surface area contributed by atoms with Crippen LogP contribution in [0.4, 0.5) is 5.69 Å². The molecule has 3 aromatic heterocycles. The van der Waals surface area contributed by atoms with Crippen molar-refractivity contribution < 1.29 is 13.9 Å². The van der Waals surface area contributed by atoms with Crippen LogP contribution < -0.4 is 20.7 Å². The van der Waals surface area contributed by atoms with E-state index in [1.165, 1.54) is 0 Å². The average molecular weight is 528 g/mol. The Morgan fingerprint density at radius 3 is 2.56 bits per heavy atom. The molecule has 1 amide bonds. The van der Waals surface area contributed by atoms with Crippen LogP contribution in [0.5, 0.6) is 5.88 Å². The highest BCUT2D eigenvalue weighted by atomic mass is 16.5. The molecule has 1 atom stereocenters. The van der Waals surface area contributed by atoms with Crippen LogP contribution in [0.2, 0.25) is 0 Å². The lowest BCUT2D eigenvalue weighted by molar-refractivity contribution is 0.0924. The zero-order valence-electron chi connectivity index (χ0n) is 22.3. The van der Waals surface area contributed by atoms with Gasteiger partial charge in [-0.1, -0.05) is 26.0 Å². The number of methoxy groups -OCH3 is 1. The van der Waals surface area contributed by atoms with Gasteiger partial charge in [0.25, 0.3) is 5.91 Å². The van der Waals surface area contributed by atoms with E-state index < -0.39 is 5.54 Å². The Balaban J connectivity index is 1.38. The SMILES string of the molecule is COc1cccc(C(NC(=O)c2cccc(NC3(c4nnc(-c5ccncc5)o4)CCNCC3)c2)C(C)C)n1. The van der Waals surface area contributed by atoms with Gasteiger partial charge >= 0.3 is 0 Å². The third-order valence-electron chi connectivity index (χ3n) is 6.95. The first-order chi connectivity index (χ1) is 19.0. The molecule has 0 aliphatic carbocycles. The van der Waals surface area contributed by atoms with E-state index in [1.807, 2.05) is 42.5 Å². The van der Waals surface area contributed by atoms with E-state index in [0.29, 0.717) is 23.2 Å². The largest absolute Gasteiger partial charge is 0.481 e. The van der Waals surface area contributed by atoms with Crippen molar-refractivity contribution in [1.29, 1.82) is 0 Å². The fraction of sp³-hybridized carbons (Fsp3) is 0.345. The monoisotopic (exact) mass is 527 g/mol. The lowest BCUT2D eigenvalue weighted by atomic mass is 9.87. The van der Waals surface area contributed by atoms with E-state index in [0.717, 1.165) is 42.9 Å². The minimum Gasteiger partial charge on any atom is -0.481 e. The molecule has 0 saturated carbocycles. The van der Waals surface area contributed by atoms with Gasteiger partial charge in [-0.2, -0.15) is 0 Å². The number of ether oxygens (including phenoxy) is 1. The quantitative estimate of drug-likeness (QED) is 0.291. The number of carbonyl (C=O) groups is 1. The minimum absolute atomic E-state index is 0.125. The van der Waals surface area contributed by atoms with Crippen molar-refractivity contribution in [3.8, 4) is 17.3 Å². The Morgan fingerprint density at radius 2 is 1.82 bits per heavy atom. The molecule has 5 rings (SSSR count). The topological polar surface area (TPSA) is 127 Å². The summed E-state index contributed by atoms with van der Waals surface area (Å²) in [5.74, 6) is 1.43. The number of nitrogens with zero attached hydrogens (tertiary/aromatic N) is 4. The van der Waals surface area contributed by atoms with Gasteiger partial charge in [-0.05, 0) is 68.2 Å². The minimum atomic E-state index is -0.566. The summed E-state index contributed by atoms with van der Waals surface area (Å²) in [4.78, 5) is 22.0. The zero-order valence-corrected chi connectivity index (χ0v) is 22.3. The fourth-order valence-corrected chi connectivity index (χ4v) is 4.81. The van der Waals surface area contributed by atoms with E-state index in [2.05, 4.69) is 50.0 Å². The summed E-state index contributed by atoms with van der Waals surface area (Å²) in [6, 6.07) is 16.5. The van der Waals surface area contributed by atoms with Gasteiger partial charge in [0.1, 0.15) is 5.54 Å². The number of pyridine rings is 2. The highest BCUT2D eigenvalue weighted by molar-refractivity contribution is 5.95. The molecule has 0 bridgehead atoms. The van der Waals surface area contributed by atoms with E-state index in [-0.39, 0.29) is 17.9 Å². The summed E-state index contributed by atoms with van der Waals surface area (Å²) < 4.78 is 11.5. The number of piperidine rings is 1. The molecule has 39 heavy (non-hydrogen) atoms. The Kier molecular flexibility index (Phi) is 7.83. The zero-order chi connectivity index (χ0) is 27.2. The highest BCUT2D eigenvalue weighted by Gasteiger charge is 2.39. The second kappa shape index (κ2) is 11.6. The third kappa shape index (κ3) is 5.91. The van der Waals surface area contributed by atoms with Gasteiger partial charge in [-0.3, -0.25) is 9.78 Å². The lowest BCUT2D eigenvalue weighted by Gasteiger charge is -2.36. The van der Waals surface area contributed by atoms with Crippen molar-refractivity contribution in [2.45, 2.75) is 38.3 Å². The first kappa shape index (κ1) is 26.3. The molecule has 3 N–H and O–H groups in total. The van der Waals surface area contributed by atoms with Crippen molar-refractivity contribution in [3.63, 3.8) is 0 Å². The van der Waals surface area contributed by atoms with Crippen LogP contribution in [-0.2, 0) is 5.54 Å².